The summed E-state index contributed by atoms with van der Waals surface area (Å²) in [5.74, 6) is -0.159. The van der Waals surface area contributed by atoms with E-state index in [1.165, 1.54) is 18.2 Å². The highest BCUT2D eigenvalue weighted by molar-refractivity contribution is 5.69. The molecule has 4 nitrogen and oxygen atoms in total. The number of esters is 1. The Labute approximate surface area is 120 Å². The average molecular weight is 277 g/mol. The lowest BCUT2D eigenvalue weighted by Crippen LogP contribution is -2.33. The van der Waals surface area contributed by atoms with Gasteiger partial charge in [-0.1, -0.05) is 31.2 Å². The van der Waals surface area contributed by atoms with Crippen molar-refractivity contribution >= 4 is 5.97 Å². The van der Waals surface area contributed by atoms with Crippen LogP contribution in [0.3, 0.4) is 0 Å². The van der Waals surface area contributed by atoms with Crippen LogP contribution in [0.15, 0.2) is 24.3 Å². The zero-order chi connectivity index (χ0) is 14.4. The Morgan fingerprint density at radius 2 is 2.25 bits per heavy atom. The lowest BCUT2D eigenvalue weighted by molar-refractivity contribution is -0.141. The summed E-state index contributed by atoms with van der Waals surface area (Å²) in [6.45, 7) is 5.32. The summed E-state index contributed by atoms with van der Waals surface area (Å²) in [6, 6.07) is 8.46. The Kier molecular flexibility index (Phi) is 5.56. The maximum atomic E-state index is 11.2. The van der Waals surface area contributed by atoms with Crippen molar-refractivity contribution < 1.29 is 14.3 Å². The van der Waals surface area contributed by atoms with Gasteiger partial charge >= 0.3 is 5.97 Å². The van der Waals surface area contributed by atoms with Crippen molar-refractivity contribution in [2.45, 2.75) is 25.9 Å². The normalized spacial score (nSPS) is 17.9. The Balaban J connectivity index is 1.96. The third kappa shape index (κ3) is 3.81. The lowest BCUT2D eigenvalue weighted by Gasteiger charge is -2.30. The molecule has 0 fully saturated rings. The summed E-state index contributed by atoms with van der Waals surface area (Å²) in [6.07, 6.45) is 1.53. The molecule has 0 N–H and O–H groups in total. The van der Waals surface area contributed by atoms with Crippen LogP contribution in [-0.4, -0.2) is 44.2 Å². The largest absolute Gasteiger partial charge is 0.469 e. The number of rotatable bonds is 6. The molecule has 1 aliphatic heterocycles. The van der Waals surface area contributed by atoms with Crippen LogP contribution in [0.2, 0.25) is 0 Å². The molecule has 1 aliphatic rings. The zero-order valence-electron chi connectivity index (χ0n) is 12.3. The molecule has 1 atom stereocenters. The molecule has 0 saturated heterocycles. The standard InChI is InChI=1S/C16H23NO3/c1-3-17(10-8-16(18)19-2)12-15-14-7-5-4-6-13(14)9-11-20-15/h4-7,15H,3,8-12H2,1-2H3. The van der Waals surface area contributed by atoms with E-state index in [9.17, 15) is 4.79 Å². The van der Waals surface area contributed by atoms with Crippen LogP contribution >= 0.6 is 0 Å². The van der Waals surface area contributed by atoms with Gasteiger partial charge in [0.25, 0.3) is 0 Å². The predicted octanol–water partition coefficient (Wildman–Crippen LogP) is 2.19. The van der Waals surface area contributed by atoms with Gasteiger partial charge in [-0.05, 0) is 24.1 Å². The van der Waals surface area contributed by atoms with Gasteiger partial charge in [-0.2, -0.15) is 0 Å². The SMILES string of the molecule is CCN(CCC(=O)OC)CC1OCCc2ccccc21. The minimum absolute atomic E-state index is 0.109. The van der Waals surface area contributed by atoms with Crippen LogP contribution in [0.1, 0.15) is 30.6 Å². The van der Waals surface area contributed by atoms with E-state index in [4.69, 9.17) is 9.47 Å². The van der Waals surface area contributed by atoms with E-state index < -0.39 is 0 Å². The first-order valence-electron chi connectivity index (χ1n) is 7.23. The van der Waals surface area contributed by atoms with E-state index in [2.05, 4.69) is 36.1 Å². The molecule has 0 spiro atoms. The van der Waals surface area contributed by atoms with Crippen LogP contribution in [0.4, 0.5) is 0 Å². The number of ether oxygens (including phenoxy) is 2. The Bertz CT molecular complexity index is 447. The van der Waals surface area contributed by atoms with Gasteiger partial charge in [-0.15, -0.1) is 0 Å². The van der Waals surface area contributed by atoms with Crippen LogP contribution in [0, 0.1) is 0 Å². The lowest BCUT2D eigenvalue weighted by atomic mass is 9.97. The number of carbonyl (C=O) groups is 1. The second-order valence-corrected chi connectivity index (χ2v) is 5.03. The monoisotopic (exact) mass is 277 g/mol. The zero-order valence-corrected chi connectivity index (χ0v) is 12.3. The second kappa shape index (κ2) is 7.41. The topological polar surface area (TPSA) is 38.8 Å². The Morgan fingerprint density at radius 3 is 3.00 bits per heavy atom. The fraction of sp³-hybridized carbons (Fsp3) is 0.562. The van der Waals surface area contributed by atoms with Crippen LogP contribution in [0.25, 0.3) is 0 Å². The predicted molar refractivity (Wildman–Crippen MR) is 77.6 cm³/mol. The molecule has 1 aromatic rings. The molecule has 4 heteroatoms. The molecule has 0 aromatic heterocycles. The van der Waals surface area contributed by atoms with Crippen molar-refractivity contribution in [3.8, 4) is 0 Å². The highest BCUT2D eigenvalue weighted by Gasteiger charge is 2.22. The number of fused-ring (bicyclic) bond motifs is 1. The molecule has 0 aliphatic carbocycles. The molecule has 0 saturated carbocycles. The average Bonchev–Trinajstić information content (AvgIpc) is 2.51. The quantitative estimate of drug-likeness (QED) is 0.747. The summed E-state index contributed by atoms with van der Waals surface area (Å²) < 4.78 is 10.6. The van der Waals surface area contributed by atoms with E-state index in [1.54, 1.807) is 0 Å². The molecule has 20 heavy (non-hydrogen) atoms. The van der Waals surface area contributed by atoms with E-state index in [0.29, 0.717) is 13.0 Å². The molecule has 1 unspecified atom stereocenters. The third-order valence-corrected chi connectivity index (χ3v) is 3.82. The van der Waals surface area contributed by atoms with E-state index in [-0.39, 0.29) is 12.1 Å². The Morgan fingerprint density at radius 1 is 1.45 bits per heavy atom. The summed E-state index contributed by atoms with van der Waals surface area (Å²) in [5.41, 5.74) is 2.67. The summed E-state index contributed by atoms with van der Waals surface area (Å²) in [4.78, 5) is 13.5. The maximum Gasteiger partial charge on any atom is 0.306 e. The number of carbonyl (C=O) groups excluding carboxylic acids is 1. The van der Waals surface area contributed by atoms with E-state index in [1.807, 2.05) is 0 Å². The highest BCUT2D eigenvalue weighted by atomic mass is 16.5. The van der Waals surface area contributed by atoms with Gasteiger partial charge in [0, 0.05) is 13.1 Å². The van der Waals surface area contributed by atoms with Crippen molar-refractivity contribution in [2.75, 3.05) is 33.4 Å². The molecule has 2 rings (SSSR count). The summed E-state index contributed by atoms with van der Waals surface area (Å²) >= 11 is 0. The molecular formula is C16H23NO3. The first-order chi connectivity index (χ1) is 9.74. The second-order valence-electron chi connectivity index (χ2n) is 5.03. The molecule has 0 bridgehead atoms. The first kappa shape index (κ1) is 15.0. The van der Waals surface area contributed by atoms with Gasteiger partial charge in [0.15, 0.2) is 0 Å². The molecule has 0 radical (unpaired) electrons. The van der Waals surface area contributed by atoms with Crippen LogP contribution in [-0.2, 0) is 20.7 Å². The summed E-state index contributed by atoms with van der Waals surface area (Å²) in [5, 5.41) is 0. The van der Waals surface area contributed by atoms with Gasteiger partial charge < -0.3 is 14.4 Å². The van der Waals surface area contributed by atoms with Crippen molar-refractivity contribution in [1.29, 1.82) is 0 Å². The van der Waals surface area contributed by atoms with Gasteiger partial charge in [-0.3, -0.25) is 4.79 Å². The first-order valence-corrected chi connectivity index (χ1v) is 7.23. The number of hydrogen-bond acceptors (Lipinski definition) is 4. The molecule has 0 amide bonds. The number of likely N-dealkylation sites (N-methyl/N-ethyl adjacent to an activating group) is 1. The van der Waals surface area contributed by atoms with Gasteiger partial charge in [0.05, 0.1) is 26.2 Å². The van der Waals surface area contributed by atoms with Crippen LogP contribution in [0.5, 0.6) is 0 Å². The smallest absolute Gasteiger partial charge is 0.306 e. The van der Waals surface area contributed by atoms with Crippen molar-refractivity contribution in [1.82, 2.24) is 4.90 Å². The van der Waals surface area contributed by atoms with Gasteiger partial charge in [-0.25, -0.2) is 0 Å². The maximum absolute atomic E-state index is 11.2. The fourth-order valence-corrected chi connectivity index (χ4v) is 2.59. The van der Waals surface area contributed by atoms with E-state index >= 15 is 0 Å². The molecule has 1 aromatic carbocycles. The van der Waals surface area contributed by atoms with Crippen molar-refractivity contribution in [3.05, 3.63) is 35.4 Å². The molecule has 1 heterocycles. The van der Waals surface area contributed by atoms with Crippen molar-refractivity contribution in [3.63, 3.8) is 0 Å². The summed E-state index contributed by atoms with van der Waals surface area (Å²) in [7, 11) is 1.43. The highest BCUT2D eigenvalue weighted by Crippen LogP contribution is 2.27. The molecule has 110 valence electrons. The minimum Gasteiger partial charge on any atom is -0.469 e. The van der Waals surface area contributed by atoms with Gasteiger partial charge in [0.2, 0.25) is 0 Å². The number of nitrogens with zero attached hydrogens (tertiary/aromatic N) is 1. The van der Waals surface area contributed by atoms with Crippen molar-refractivity contribution in [2.24, 2.45) is 0 Å². The number of benzene rings is 1. The Hall–Kier alpha value is -1.39. The number of hydrogen-bond donors (Lipinski definition) is 0. The number of methoxy groups -OCH3 is 1. The third-order valence-electron chi connectivity index (χ3n) is 3.82. The molecular weight excluding hydrogens is 254 g/mol. The fourth-order valence-electron chi connectivity index (χ4n) is 2.59. The van der Waals surface area contributed by atoms with E-state index in [0.717, 1.165) is 26.1 Å². The van der Waals surface area contributed by atoms with Crippen LogP contribution < -0.4 is 0 Å². The minimum atomic E-state index is -0.159. The van der Waals surface area contributed by atoms with Gasteiger partial charge in [0.1, 0.15) is 0 Å².